The van der Waals surface area contributed by atoms with Crippen LogP contribution in [0.25, 0.3) is 10.8 Å². The zero-order chi connectivity index (χ0) is 25.6. The van der Waals surface area contributed by atoms with Crippen LogP contribution < -0.4 is 29.1 Å². The van der Waals surface area contributed by atoms with E-state index in [2.05, 4.69) is 10.5 Å². The first-order chi connectivity index (χ1) is 18.1. The lowest BCUT2D eigenvalue weighted by Crippen LogP contribution is -2.24. The number of hydrogen-bond donors (Lipinski definition) is 1. The molecule has 9 nitrogen and oxygen atoms in total. The molecule has 0 radical (unpaired) electrons. The Labute approximate surface area is 212 Å². The molecule has 9 heteroatoms. The van der Waals surface area contributed by atoms with Gasteiger partial charge in [-0.1, -0.05) is 36.4 Å². The molecule has 1 aliphatic heterocycles. The van der Waals surface area contributed by atoms with Crippen molar-refractivity contribution < 1.29 is 33.3 Å². The first-order valence-corrected chi connectivity index (χ1v) is 11.3. The summed E-state index contributed by atoms with van der Waals surface area (Å²) in [5.74, 6) is 1.25. The number of ether oxygens (including phenoxy) is 5. The summed E-state index contributed by atoms with van der Waals surface area (Å²) in [6.07, 6.45) is 1.45. The molecule has 1 N–H and O–H groups in total. The van der Waals surface area contributed by atoms with E-state index in [9.17, 15) is 9.59 Å². The third-order valence-electron chi connectivity index (χ3n) is 5.51. The molecular formula is C28H22N2O7. The summed E-state index contributed by atoms with van der Waals surface area (Å²) in [6.45, 7) is -0.0776. The van der Waals surface area contributed by atoms with E-state index >= 15 is 0 Å². The van der Waals surface area contributed by atoms with Crippen molar-refractivity contribution in [2.45, 2.75) is 0 Å². The van der Waals surface area contributed by atoms with E-state index in [0.29, 0.717) is 34.1 Å². The first kappa shape index (κ1) is 23.7. The molecule has 1 aliphatic rings. The van der Waals surface area contributed by atoms with Crippen molar-refractivity contribution in [3.05, 3.63) is 90.0 Å². The molecule has 1 amide bonds. The normalized spacial score (nSPS) is 11.9. The van der Waals surface area contributed by atoms with Crippen molar-refractivity contribution in [3.63, 3.8) is 0 Å². The maximum atomic E-state index is 12.6. The Morgan fingerprint density at radius 1 is 0.919 bits per heavy atom. The Bertz CT molecular complexity index is 1490. The van der Waals surface area contributed by atoms with Crippen LogP contribution in [0.15, 0.2) is 84.0 Å². The van der Waals surface area contributed by atoms with Gasteiger partial charge in [0.1, 0.15) is 5.75 Å². The Kier molecular flexibility index (Phi) is 6.84. The summed E-state index contributed by atoms with van der Waals surface area (Å²) >= 11 is 0. The Morgan fingerprint density at radius 3 is 2.65 bits per heavy atom. The third-order valence-corrected chi connectivity index (χ3v) is 5.51. The van der Waals surface area contributed by atoms with Crippen LogP contribution in [0.2, 0.25) is 0 Å². The molecule has 0 aliphatic carbocycles. The van der Waals surface area contributed by atoms with Crippen molar-refractivity contribution >= 4 is 28.9 Å². The number of rotatable bonds is 8. The SMILES string of the molecule is COc1cc(C=NNC(=O)COc2cccc3ccccc23)ccc1OC(=O)c1ccc2c(c1)OCO2. The smallest absolute Gasteiger partial charge is 0.343 e. The van der Waals surface area contributed by atoms with Crippen LogP contribution in [0.3, 0.4) is 0 Å². The molecule has 37 heavy (non-hydrogen) atoms. The molecule has 5 rings (SSSR count). The van der Waals surface area contributed by atoms with Crippen molar-refractivity contribution in [1.29, 1.82) is 0 Å². The lowest BCUT2D eigenvalue weighted by Gasteiger charge is -2.10. The number of hydrazone groups is 1. The molecular weight excluding hydrogens is 476 g/mol. The van der Waals surface area contributed by atoms with Crippen LogP contribution in [-0.4, -0.2) is 38.6 Å². The van der Waals surface area contributed by atoms with Gasteiger partial charge in [0, 0.05) is 5.39 Å². The van der Waals surface area contributed by atoms with Gasteiger partial charge in [-0.25, -0.2) is 10.2 Å². The van der Waals surface area contributed by atoms with Gasteiger partial charge in [0.05, 0.1) is 18.9 Å². The lowest BCUT2D eigenvalue weighted by molar-refractivity contribution is -0.123. The number of amides is 1. The highest BCUT2D eigenvalue weighted by Crippen LogP contribution is 2.34. The molecule has 186 valence electrons. The van der Waals surface area contributed by atoms with Crippen LogP contribution >= 0.6 is 0 Å². The highest BCUT2D eigenvalue weighted by atomic mass is 16.7. The molecule has 0 atom stereocenters. The van der Waals surface area contributed by atoms with Crippen LogP contribution in [0.1, 0.15) is 15.9 Å². The van der Waals surface area contributed by atoms with Gasteiger partial charge in [0.2, 0.25) is 6.79 Å². The number of fused-ring (bicyclic) bond motifs is 2. The second-order valence-corrected chi connectivity index (χ2v) is 7.93. The monoisotopic (exact) mass is 498 g/mol. The van der Waals surface area contributed by atoms with E-state index in [1.807, 2.05) is 42.5 Å². The van der Waals surface area contributed by atoms with Gasteiger partial charge < -0.3 is 23.7 Å². The molecule has 0 saturated heterocycles. The summed E-state index contributed by atoms with van der Waals surface area (Å²) in [5, 5.41) is 5.92. The summed E-state index contributed by atoms with van der Waals surface area (Å²) in [7, 11) is 1.46. The summed E-state index contributed by atoms with van der Waals surface area (Å²) in [6, 6.07) is 23.1. The number of carbonyl (C=O) groups is 2. The van der Waals surface area contributed by atoms with Gasteiger partial charge in [-0.15, -0.1) is 0 Å². The van der Waals surface area contributed by atoms with Gasteiger partial charge in [-0.2, -0.15) is 5.10 Å². The number of esters is 1. The quantitative estimate of drug-likeness (QED) is 0.167. The lowest BCUT2D eigenvalue weighted by atomic mass is 10.1. The van der Waals surface area contributed by atoms with Crippen molar-refractivity contribution in [1.82, 2.24) is 5.43 Å². The van der Waals surface area contributed by atoms with Gasteiger partial charge in [0.15, 0.2) is 29.6 Å². The zero-order valence-corrected chi connectivity index (χ0v) is 19.8. The molecule has 1 heterocycles. The van der Waals surface area contributed by atoms with E-state index in [1.54, 1.807) is 36.4 Å². The van der Waals surface area contributed by atoms with Crippen molar-refractivity contribution in [2.75, 3.05) is 20.5 Å². The van der Waals surface area contributed by atoms with Crippen molar-refractivity contribution in [3.8, 4) is 28.7 Å². The van der Waals surface area contributed by atoms with E-state index in [-0.39, 0.29) is 19.1 Å². The fourth-order valence-corrected chi connectivity index (χ4v) is 3.71. The van der Waals surface area contributed by atoms with E-state index in [0.717, 1.165) is 10.8 Å². The zero-order valence-electron chi connectivity index (χ0n) is 19.8. The Hall–Kier alpha value is -5.05. The number of carbonyl (C=O) groups excluding carboxylic acids is 2. The summed E-state index contributed by atoms with van der Waals surface area (Å²) in [4.78, 5) is 24.8. The number of methoxy groups -OCH3 is 1. The number of benzene rings is 4. The number of hydrogen-bond acceptors (Lipinski definition) is 8. The van der Waals surface area contributed by atoms with Gasteiger partial charge in [-0.05, 0) is 53.4 Å². The maximum absolute atomic E-state index is 12.6. The second-order valence-electron chi connectivity index (χ2n) is 7.93. The molecule has 0 unspecified atom stereocenters. The minimum atomic E-state index is -0.573. The molecule has 0 aromatic heterocycles. The number of nitrogens with one attached hydrogen (secondary N) is 1. The maximum Gasteiger partial charge on any atom is 0.343 e. The molecule has 0 spiro atoms. The van der Waals surface area contributed by atoms with E-state index < -0.39 is 11.9 Å². The predicted octanol–water partition coefficient (Wildman–Crippen LogP) is 4.33. The van der Waals surface area contributed by atoms with Crippen molar-refractivity contribution in [2.24, 2.45) is 5.10 Å². The minimum absolute atomic E-state index is 0.113. The number of nitrogens with zero attached hydrogens (tertiary/aromatic N) is 1. The summed E-state index contributed by atoms with van der Waals surface area (Å²) in [5.41, 5.74) is 3.36. The topological polar surface area (TPSA) is 105 Å². The van der Waals surface area contributed by atoms with Crippen LogP contribution in [0, 0.1) is 0 Å². The Balaban J connectivity index is 1.17. The average Bonchev–Trinajstić information content (AvgIpc) is 3.40. The Morgan fingerprint density at radius 2 is 1.76 bits per heavy atom. The summed E-state index contributed by atoms with van der Waals surface area (Å²) < 4.78 is 27.1. The van der Waals surface area contributed by atoms with Crippen LogP contribution in [0.5, 0.6) is 28.7 Å². The van der Waals surface area contributed by atoms with Gasteiger partial charge in [-0.3, -0.25) is 4.79 Å². The average molecular weight is 498 g/mol. The predicted molar refractivity (Wildman–Crippen MR) is 136 cm³/mol. The highest BCUT2D eigenvalue weighted by Gasteiger charge is 2.18. The molecule has 0 saturated carbocycles. The minimum Gasteiger partial charge on any atom is -0.493 e. The molecule has 4 aromatic carbocycles. The molecule has 0 fully saturated rings. The second kappa shape index (κ2) is 10.7. The van der Waals surface area contributed by atoms with E-state index in [1.165, 1.54) is 13.3 Å². The van der Waals surface area contributed by atoms with Crippen LogP contribution in [-0.2, 0) is 4.79 Å². The van der Waals surface area contributed by atoms with Gasteiger partial charge >= 0.3 is 5.97 Å². The standard InChI is InChI=1S/C28H22N2O7/c1-33-25-13-18(9-11-24(25)37-28(32)20-10-12-23-26(14-20)36-17-35-23)15-29-30-27(31)16-34-22-8-4-6-19-5-2-3-7-21(19)22/h2-15H,16-17H2,1H3,(H,30,31). The molecule has 0 bridgehead atoms. The highest BCUT2D eigenvalue weighted by molar-refractivity contribution is 5.92. The first-order valence-electron chi connectivity index (χ1n) is 11.3. The fourth-order valence-electron chi connectivity index (χ4n) is 3.71. The van der Waals surface area contributed by atoms with Gasteiger partial charge in [0.25, 0.3) is 5.91 Å². The van der Waals surface area contributed by atoms with Crippen LogP contribution in [0.4, 0.5) is 0 Å². The fraction of sp³-hybridized carbons (Fsp3) is 0.107. The van der Waals surface area contributed by atoms with E-state index in [4.69, 9.17) is 23.7 Å². The largest absolute Gasteiger partial charge is 0.493 e. The third kappa shape index (κ3) is 5.46. The molecule has 4 aromatic rings.